The van der Waals surface area contributed by atoms with E-state index >= 15 is 0 Å². The van der Waals surface area contributed by atoms with Gasteiger partial charge in [-0.15, -0.1) is 0 Å². The summed E-state index contributed by atoms with van der Waals surface area (Å²) >= 11 is 0. The fraction of sp³-hybridized carbons (Fsp3) is 0. The fourth-order valence-electron chi connectivity index (χ4n) is 2.72. The normalized spacial score (nSPS) is 10.5. The lowest BCUT2D eigenvalue weighted by Gasteiger charge is -2.13. The predicted molar refractivity (Wildman–Crippen MR) is 103 cm³/mol. The summed E-state index contributed by atoms with van der Waals surface area (Å²) in [6.07, 6.45) is 1.59. The fourth-order valence-corrected chi connectivity index (χ4v) is 2.72. The summed E-state index contributed by atoms with van der Waals surface area (Å²) in [4.78, 5) is 21.0. The molecule has 0 spiro atoms. The zero-order valence-corrected chi connectivity index (χ0v) is 13.9. The van der Waals surface area contributed by atoms with Gasteiger partial charge >= 0.3 is 0 Å². The van der Waals surface area contributed by atoms with Gasteiger partial charge in [0.15, 0.2) is 0 Å². The largest absolute Gasteiger partial charge is 0.298 e. The van der Waals surface area contributed by atoms with Crippen molar-refractivity contribution in [1.29, 1.82) is 0 Å². The molecule has 5 heteroatoms. The van der Waals surface area contributed by atoms with Crippen molar-refractivity contribution >= 4 is 22.5 Å². The van der Waals surface area contributed by atoms with E-state index in [0.29, 0.717) is 5.69 Å². The number of hydrogen-bond donors (Lipinski definition) is 2. The number of hydrogen-bond acceptors (Lipinski definition) is 4. The summed E-state index contributed by atoms with van der Waals surface area (Å²) in [5, 5.41) is 0.925. The number of rotatable bonds is 4. The van der Waals surface area contributed by atoms with Crippen molar-refractivity contribution in [2.24, 2.45) is 0 Å². The summed E-state index contributed by atoms with van der Waals surface area (Å²) in [7, 11) is 0. The third-order valence-electron chi connectivity index (χ3n) is 3.99. The smallest absolute Gasteiger partial charge is 0.288 e. The molecule has 5 nitrogen and oxygen atoms in total. The molecule has 26 heavy (non-hydrogen) atoms. The van der Waals surface area contributed by atoms with Crippen molar-refractivity contribution in [2.75, 3.05) is 5.43 Å². The van der Waals surface area contributed by atoms with E-state index in [-0.39, 0.29) is 5.91 Å². The third kappa shape index (κ3) is 3.23. The minimum absolute atomic E-state index is 0.298. The van der Waals surface area contributed by atoms with Crippen LogP contribution in [0.25, 0.3) is 22.2 Å². The van der Waals surface area contributed by atoms with Gasteiger partial charge in [-0.1, -0.05) is 54.6 Å². The van der Waals surface area contributed by atoms with Crippen LogP contribution in [0.3, 0.4) is 0 Å². The number of fused-ring (bicyclic) bond motifs is 1. The molecule has 2 aromatic heterocycles. The molecule has 0 radical (unpaired) electrons. The first-order valence-corrected chi connectivity index (χ1v) is 8.24. The molecule has 0 unspecified atom stereocenters. The number of pyridine rings is 2. The lowest BCUT2D eigenvalue weighted by atomic mass is 10.1. The van der Waals surface area contributed by atoms with E-state index in [4.69, 9.17) is 4.98 Å². The first kappa shape index (κ1) is 15.8. The summed E-state index contributed by atoms with van der Waals surface area (Å²) < 4.78 is 0. The number of aromatic nitrogens is 2. The van der Waals surface area contributed by atoms with Crippen LogP contribution in [0.2, 0.25) is 0 Å². The van der Waals surface area contributed by atoms with Gasteiger partial charge in [0.25, 0.3) is 5.91 Å². The molecule has 4 aromatic rings. The Hall–Kier alpha value is -3.73. The average molecular weight is 340 g/mol. The van der Waals surface area contributed by atoms with Crippen LogP contribution >= 0.6 is 0 Å². The first-order chi connectivity index (χ1) is 12.8. The topological polar surface area (TPSA) is 66.9 Å². The molecule has 0 aliphatic carbocycles. The van der Waals surface area contributed by atoms with E-state index < -0.39 is 0 Å². The van der Waals surface area contributed by atoms with Crippen molar-refractivity contribution in [3.8, 4) is 11.3 Å². The predicted octanol–water partition coefficient (Wildman–Crippen LogP) is 4.05. The number of para-hydroxylation sites is 1. The van der Waals surface area contributed by atoms with Crippen molar-refractivity contribution in [1.82, 2.24) is 15.4 Å². The maximum absolute atomic E-state index is 12.3. The number of carbonyl (C=O) groups excluding carboxylic acids is 1. The Morgan fingerprint density at radius 1 is 0.846 bits per heavy atom. The maximum Gasteiger partial charge on any atom is 0.288 e. The molecule has 2 N–H and O–H groups in total. The standard InChI is InChI=1S/C21H16N4O/c26-21(18-12-6-7-13-22-18)25-24-20-14-19(15-8-2-1-3-9-15)23-17-11-5-4-10-16(17)20/h1-14H,(H,23,24)(H,25,26). The third-order valence-corrected chi connectivity index (χ3v) is 3.99. The number of carbonyl (C=O) groups is 1. The number of nitrogens with zero attached hydrogens (tertiary/aromatic N) is 2. The van der Waals surface area contributed by atoms with Crippen molar-refractivity contribution in [2.45, 2.75) is 0 Å². The highest BCUT2D eigenvalue weighted by Crippen LogP contribution is 2.27. The Morgan fingerprint density at radius 2 is 1.62 bits per heavy atom. The van der Waals surface area contributed by atoms with Crippen LogP contribution in [-0.4, -0.2) is 15.9 Å². The number of hydrazine groups is 1. The van der Waals surface area contributed by atoms with Gasteiger partial charge < -0.3 is 0 Å². The quantitative estimate of drug-likeness (QED) is 0.550. The van der Waals surface area contributed by atoms with Gasteiger partial charge in [-0.25, -0.2) is 4.98 Å². The second-order valence-corrected chi connectivity index (χ2v) is 5.73. The molecule has 2 aromatic carbocycles. The molecule has 1 amide bonds. The van der Waals surface area contributed by atoms with E-state index in [0.717, 1.165) is 27.8 Å². The van der Waals surface area contributed by atoms with Gasteiger partial charge in [-0.2, -0.15) is 0 Å². The Morgan fingerprint density at radius 3 is 2.42 bits per heavy atom. The molecule has 126 valence electrons. The Bertz CT molecular complexity index is 1050. The van der Waals surface area contributed by atoms with Gasteiger partial charge in [-0.3, -0.25) is 20.6 Å². The molecule has 0 saturated heterocycles. The molecule has 2 heterocycles. The van der Waals surface area contributed by atoms with Crippen LogP contribution < -0.4 is 10.9 Å². The van der Waals surface area contributed by atoms with Crippen molar-refractivity contribution < 1.29 is 4.79 Å². The minimum Gasteiger partial charge on any atom is -0.298 e. The molecule has 0 aliphatic heterocycles. The van der Waals surface area contributed by atoms with Crippen molar-refractivity contribution in [3.05, 3.63) is 90.8 Å². The van der Waals surface area contributed by atoms with E-state index in [2.05, 4.69) is 15.8 Å². The number of anilines is 1. The summed E-state index contributed by atoms with van der Waals surface area (Å²) in [5.41, 5.74) is 9.54. The number of benzene rings is 2. The summed E-state index contributed by atoms with van der Waals surface area (Å²) in [6, 6.07) is 24.9. The van der Waals surface area contributed by atoms with Crippen LogP contribution in [0, 0.1) is 0 Å². The highest BCUT2D eigenvalue weighted by atomic mass is 16.2. The second-order valence-electron chi connectivity index (χ2n) is 5.73. The Balaban J connectivity index is 1.68. The van der Waals surface area contributed by atoms with Gasteiger partial charge in [0, 0.05) is 17.1 Å². The number of nitrogens with one attached hydrogen (secondary N) is 2. The van der Waals surface area contributed by atoms with E-state index in [1.54, 1.807) is 24.4 Å². The first-order valence-electron chi connectivity index (χ1n) is 8.24. The zero-order valence-electron chi connectivity index (χ0n) is 13.9. The molecular weight excluding hydrogens is 324 g/mol. The summed E-state index contributed by atoms with van der Waals surface area (Å²) in [6.45, 7) is 0. The van der Waals surface area contributed by atoms with Gasteiger partial charge in [-0.05, 0) is 24.3 Å². The molecule has 0 atom stereocenters. The highest BCUT2D eigenvalue weighted by Gasteiger charge is 2.10. The zero-order chi connectivity index (χ0) is 17.8. The molecule has 0 fully saturated rings. The highest BCUT2D eigenvalue weighted by molar-refractivity contribution is 5.97. The van der Waals surface area contributed by atoms with E-state index in [1.807, 2.05) is 60.7 Å². The van der Waals surface area contributed by atoms with Crippen LogP contribution in [0.5, 0.6) is 0 Å². The SMILES string of the molecule is O=C(NNc1cc(-c2ccccc2)nc2ccccc12)c1ccccn1. The minimum atomic E-state index is -0.298. The van der Waals surface area contributed by atoms with Crippen LogP contribution in [0.1, 0.15) is 10.5 Å². The molecule has 0 aliphatic rings. The Labute approximate surface area is 150 Å². The second kappa shape index (κ2) is 7.03. The van der Waals surface area contributed by atoms with Gasteiger partial charge in [0.2, 0.25) is 0 Å². The van der Waals surface area contributed by atoms with E-state index in [1.165, 1.54) is 0 Å². The van der Waals surface area contributed by atoms with E-state index in [9.17, 15) is 4.79 Å². The van der Waals surface area contributed by atoms with Crippen LogP contribution in [0.15, 0.2) is 85.1 Å². The lowest BCUT2D eigenvalue weighted by Crippen LogP contribution is -2.30. The number of amides is 1. The van der Waals surface area contributed by atoms with Gasteiger partial charge in [0.1, 0.15) is 5.69 Å². The van der Waals surface area contributed by atoms with Crippen LogP contribution in [-0.2, 0) is 0 Å². The monoisotopic (exact) mass is 340 g/mol. The lowest BCUT2D eigenvalue weighted by molar-refractivity contribution is 0.0958. The molecule has 4 rings (SSSR count). The summed E-state index contributed by atoms with van der Waals surface area (Å²) in [5.74, 6) is -0.298. The molecule has 0 bridgehead atoms. The maximum atomic E-state index is 12.3. The molecular formula is C21H16N4O. The van der Waals surface area contributed by atoms with Crippen molar-refractivity contribution in [3.63, 3.8) is 0 Å². The molecule has 0 saturated carbocycles. The van der Waals surface area contributed by atoms with Gasteiger partial charge in [0.05, 0.1) is 16.9 Å². The van der Waals surface area contributed by atoms with Crippen LogP contribution in [0.4, 0.5) is 5.69 Å². The average Bonchev–Trinajstić information content (AvgIpc) is 2.73. The Kier molecular flexibility index (Phi) is 4.26.